The van der Waals surface area contributed by atoms with Crippen molar-refractivity contribution >= 4 is 5.69 Å². The zero-order valence-corrected chi connectivity index (χ0v) is 17.4. The highest BCUT2D eigenvalue weighted by Gasteiger charge is 2.33. The third kappa shape index (κ3) is 3.51. The molecule has 0 spiro atoms. The van der Waals surface area contributed by atoms with Crippen LogP contribution in [0.1, 0.15) is 25.3 Å². The number of rotatable bonds is 4. The van der Waals surface area contributed by atoms with Crippen LogP contribution in [0, 0.1) is 32.8 Å². The Hall–Kier alpha value is -4.69. The molecule has 0 bridgehead atoms. The summed E-state index contributed by atoms with van der Waals surface area (Å²) in [4.78, 5) is 10.6. The number of non-ortho nitro benzene ring substituents is 1. The summed E-state index contributed by atoms with van der Waals surface area (Å²) in [6.07, 6.45) is 1.82. The van der Waals surface area contributed by atoms with E-state index in [-0.39, 0.29) is 5.69 Å². The molecule has 156 valence electrons. The fourth-order valence-corrected chi connectivity index (χ4v) is 3.88. The van der Waals surface area contributed by atoms with Gasteiger partial charge in [-0.05, 0) is 38.1 Å². The van der Waals surface area contributed by atoms with Crippen LogP contribution < -0.4 is 5.32 Å². The summed E-state index contributed by atoms with van der Waals surface area (Å²) in [6, 6.07) is 20.1. The van der Waals surface area contributed by atoms with Crippen molar-refractivity contribution in [3.63, 3.8) is 0 Å². The van der Waals surface area contributed by atoms with Gasteiger partial charge in [0.2, 0.25) is 0 Å². The van der Waals surface area contributed by atoms with Gasteiger partial charge in [-0.1, -0.05) is 18.2 Å². The first-order valence-electron chi connectivity index (χ1n) is 9.83. The molecule has 0 amide bonds. The Balaban J connectivity index is 1.97. The van der Waals surface area contributed by atoms with Crippen LogP contribution in [0.4, 0.5) is 5.69 Å². The van der Waals surface area contributed by atoms with Crippen LogP contribution in [-0.4, -0.2) is 14.7 Å². The molecule has 0 saturated carbocycles. The van der Waals surface area contributed by atoms with Crippen molar-refractivity contribution in [2.75, 3.05) is 0 Å². The quantitative estimate of drug-likeness (QED) is 0.479. The van der Waals surface area contributed by atoms with Crippen molar-refractivity contribution < 1.29 is 4.92 Å². The fraction of sp³-hybridized carbons (Fsp3) is 0.125. The van der Waals surface area contributed by atoms with E-state index in [0.29, 0.717) is 39.4 Å². The molecule has 0 saturated heterocycles. The highest BCUT2D eigenvalue weighted by molar-refractivity contribution is 5.69. The fourth-order valence-electron chi connectivity index (χ4n) is 3.88. The van der Waals surface area contributed by atoms with Gasteiger partial charge >= 0.3 is 0 Å². The largest absolute Gasteiger partial charge is 0.361 e. The number of nitriles is 2. The van der Waals surface area contributed by atoms with Crippen molar-refractivity contribution in [1.29, 1.82) is 10.5 Å². The topological polar surface area (TPSA) is 121 Å². The lowest BCUT2D eigenvalue weighted by Gasteiger charge is -2.25. The molecule has 2 heterocycles. The van der Waals surface area contributed by atoms with Crippen LogP contribution in [0.3, 0.4) is 0 Å². The van der Waals surface area contributed by atoms with Gasteiger partial charge in [-0.15, -0.1) is 0 Å². The first kappa shape index (κ1) is 20.6. The van der Waals surface area contributed by atoms with Crippen molar-refractivity contribution in [2.24, 2.45) is 0 Å². The highest BCUT2D eigenvalue weighted by atomic mass is 16.6. The standard InChI is InChI=1S/C24H18N6O2/c1-15-20(12-25)23(21(13-26)16(2)27-15)22-14-29(18-6-4-3-5-7-18)28-24(22)17-8-10-19(11-9-17)30(31)32/h3-11,14,23,27H,1-2H3. The Bertz CT molecular complexity index is 1320. The van der Waals surface area contributed by atoms with E-state index >= 15 is 0 Å². The van der Waals surface area contributed by atoms with Crippen molar-refractivity contribution in [3.05, 3.63) is 99.0 Å². The smallest absolute Gasteiger partial charge is 0.269 e. The molecule has 0 radical (unpaired) electrons. The lowest BCUT2D eigenvalue weighted by atomic mass is 9.81. The van der Waals surface area contributed by atoms with E-state index in [4.69, 9.17) is 5.10 Å². The van der Waals surface area contributed by atoms with Crippen molar-refractivity contribution in [3.8, 4) is 29.1 Å². The van der Waals surface area contributed by atoms with Crippen LogP contribution >= 0.6 is 0 Å². The van der Waals surface area contributed by atoms with E-state index in [0.717, 1.165) is 5.69 Å². The number of nitrogens with zero attached hydrogens (tertiary/aromatic N) is 5. The zero-order valence-electron chi connectivity index (χ0n) is 17.4. The molecule has 8 nitrogen and oxygen atoms in total. The molecule has 8 heteroatoms. The average molecular weight is 422 g/mol. The van der Waals surface area contributed by atoms with E-state index in [1.165, 1.54) is 12.1 Å². The second kappa shape index (κ2) is 8.21. The number of benzene rings is 2. The summed E-state index contributed by atoms with van der Waals surface area (Å²) in [7, 11) is 0. The van der Waals surface area contributed by atoms with Gasteiger partial charge in [-0.3, -0.25) is 10.1 Å². The van der Waals surface area contributed by atoms with Crippen LogP contribution in [0.5, 0.6) is 0 Å². The van der Waals surface area contributed by atoms with Gasteiger partial charge in [0.25, 0.3) is 5.69 Å². The number of para-hydroxylation sites is 1. The van der Waals surface area contributed by atoms with Gasteiger partial charge < -0.3 is 5.32 Å². The van der Waals surface area contributed by atoms with Gasteiger partial charge in [-0.2, -0.15) is 15.6 Å². The number of hydrogen-bond donors (Lipinski definition) is 1. The predicted octanol–water partition coefficient (Wildman–Crippen LogP) is 4.73. The molecular formula is C24H18N6O2. The maximum atomic E-state index is 11.1. The molecule has 1 aliphatic heterocycles. The first-order valence-corrected chi connectivity index (χ1v) is 9.83. The summed E-state index contributed by atoms with van der Waals surface area (Å²) in [5.41, 5.74) is 4.89. The third-order valence-corrected chi connectivity index (χ3v) is 5.43. The second-order valence-electron chi connectivity index (χ2n) is 7.38. The summed E-state index contributed by atoms with van der Waals surface area (Å²) in [5, 5.41) is 38.7. The molecule has 1 aromatic heterocycles. The van der Waals surface area contributed by atoms with E-state index in [2.05, 4.69) is 17.5 Å². The van der Waals surface area contributed by atoms with Gasteiger partial charge in [-0.25, -0.2) is 4.68 Å². The molecule has 1 N–H and O–H groups in total. The Morgan fingerprint density at radius 2 is 1.59 bits per heavy atom. The molecule has 2 aromatic carbocycles. The molecule has 4 rings (SSSR count). The van der Waals surface area contributed by atoms with E-state index in [1.807, 2.05) is 36.5 Å². The molecule has 0 atom stereocenters. The number of nitro benzene ring substituents is 1. The van der Waals surface area contributed by atoms with Crippen molar-refractivity contribution in [1.82, 2.24) is 15.1 Å². The van der Waals surface area contributed by atoms with Gasteiger partial charge in [0.15, 0.2) is 0 Å². The molecule has 0 fully saturated rings. The molecule has 3 aromatic rings. The number of nitrogens with one attached hydrogen (secondary N) is 1. The van der Waals surface area contributed by atoms with Gasteiger partial charge in [0, 0.05) is 40.9 Å². The normalized spacial score (nSPS) is 14.0. The molecule has 32 heavy (non-hydrogen) atoms. The summed E-state index contributed by atoms with van der Waals surface area (Å²) < 4.78 is 1.70. The maximum Gasteiger partial charge on any atom is 0.269 e. The minimum atomic E-state index is -0.603. The minimum Gasteiger partial charge on any atom is -0.361 e. The Kier molecular flexibility index (Phi) is 5.28. The molecule has 1 aliphatic rings. The molecule has 0 unspecified atom stereocenters. The zero-order chi connectivity index (χ0) is 22.8. The molecular weight excluding hydrogens is 404 g/mol. The summed E-state index contributed by atoms with van der Waals surface area (Å²) in [6.45, 7) is 3.60. The van der Waals surface area contributed by atoms with Crippen LogP contribution in [0.15, 0.2) is 83.3 Å². The Morgan fingerprint density at radius 1 is 1.00 bits per heavy atom. The first-order chi connectivity index (χ1) is 15.4. The Labute approximate surface area is 184 Å². The van der Waals surface area contributed by atoms with E-state index in [9.17, 15) is 20.6 Å². The Morgan fingerprint density at radius 3 is 2.12 bits per heavy atom. The number of nitro groups is 1. The number of dihydropyridines is 1. The highest BCUT2D eigenvalue weighted by Crippen LogP contribution is 2.41. The SMILES string of the molecule is CC1=C(C#N)C(c2cn(-c3ccccc3)nc2-c2ccc([N+](=O)[O-])cc2)C(C#N)=C(C)N1. The van der Waals surface area contributed by atoms with Gasteiger partial charge in [0.1, 0.15) is 0 Å². The predicted molar refractivity (Wildman–Crippen MR) is 118 cm³/mol. The maximum absolute atomic E-state index is 11.1. The molecule has 0 aliphatic carbocycles. The summed E-state index contributed by atoms with van der Waals surface area (Å²) in [5.74, 6) is -0.603. The van der Waals surface area contributed by atoms with E-state index in [1.54, 1.807) is 30.7 Å². The van der Waals surface area contributed by atoms with Gasteiger partial charge in [0.05, 0.1) is 45.5 Å². The average Bonchev–Trinajstić information content (AvgIpc) is 3.24. The lowest BCUT2D eigenvalue weighted by Crippen LogP contribution is -2.23. The van der Waals surface area contributed by atoms with Crippen LogP contribution in [0.25, 0.3) is 16.9 Å². The lowest BCUT2D eigenvalue weighted by molar-refractivity contribution is -0.384. The number of allylic oxidation sites excluding steroid dienone is 4. The van der Waals surface area contributed by atoms with Crippen molar-refractivity contribution in [2.45, 2.75) is 19.8 Å². The minimum absolute atomic E-state index is 0.0263. The van der Waals surface area contributed by atoms with E-state index < -0.39 is 10.8 Å². The third-order valence-electron chi connectivity index (χ3n) is 5.43. The second-order valence-corrected chi connectivity index (χ2v) is 7.38. The summed E-state index contributed by atoms with van der Waals surface area (Å²) >= 11 is 0. The monoisotopic (exact) mass is 422 g/mol. The number of hydrogen-bond acceptors (Lipinski definition) is 6. The van der Waals surface area contributed by atoms with Crippen LogP contribution in [0.2, 0.25) is 0 Å². The van der Waals surface area contributed by atoms with Crippen LogP contribution in [-0.2, 0) is 0 Å². The number of aromatic nitrogens is 2.